The molecule has 1 aromatic carbocycles. The highest BCUT2D eigenvalue weighted by molar-refractivity contribution is 7.89. The second kappa shape index (κ2) is 11.0. The molecule has 3 aliphatic rings. The maximum Gasteiger partial charge on any atom is 0.267 e. The van der Waals surface area contributed by atoms with E-state index in [9.17, 15) is 13.2 Å². The third kappa shape index (κ3) is 6.56. The van der Waals surface area contributed by atoms with Crippen molar-refractivity contribution in [2.75, 3.05) is 26.2 Å². The zero-order chi connectivity index (χ0) is 23.3. The number of fused-ring (bicyclic) bond motifs is 1. The number of hydrogen-bond donors (Lipinski definition) is 4. The highest BCUT2D eigenvalue weighted by atomic mass is 32.2. The van der Waals surface area contributed by atoms with Gasteiger partial charge in [-0.1, -0.05) is 24.3 Å². The van der Waals surface area contributed by atoms with Crippen LogP contribution < -0.4 is 20.7 Å². The second-order valence-corrected chi connectivity index (χ2v) is 11.2. The van der Waals surface area contributed by atoms with Crippen molar-refractivity contribution in [3.8, 4) is 0 Å². The van der Waals surface area contributed by atoms with Gasteiger partial charge >= 0.3 is 0 Å². The van der Waals surface area contributed by atoms with Crippen LogP contribution in [0.4, 0.5) is 0 Å². The Kier molecular flexibility index (Phi) is 8.06. The van der Waals surface area contributed by atoms with E-state index in [0.717, 1.165) is 39.0 Å². The Morgan fingerprint density at radius 2 is 1.91 bits per heavy atom. The van der Waals surface area contributed by atoms with Gasteiger partial charge in [0, 0.05) is 31.2 Å². The third-order valence-corrected chi connectivity index (χ3v) is 8.43. The van der Waals surface area contributed by atoms with Gasteiger partial charge in [-0.2, -0.15) is 0 Å². The van der Waals surface area contributed by atoms with E-state index in [1.165, 1.54) is 12.8 Å². The maximum absolute atomic E-state index is 12.7. The van der Waals surface area contributed by atoms with Gasteiger partial charge < -0.3 is 20.7 Å². The molecule has 2 aliphatic heterocycles. The van der Waals surface area contributed by atoms with Gasteiger partial charge in [-0.25, -0.2) is 13.1 Å². The summed E-state index contributed by atoms with van der Waals surface area (Å²) < 4.78 is 33.7. The molecule has 0 radical (unpaired) electrons. The molecule has 1 saturated heterocycles. The first-order valence-electron chi connectivity index (χ1n) is 12.1. The minimum absolute atomic E-state index is 0.192. The first kappa shape index (κ1) is 24.2. The van der Waals surface area contributed by atoms with Gasteiger partial charge in [0.2, 0.25) is 10.0 Å². The molecule has 0 aromatic heterocycles. The van der Waals surface area contributed by atoms with Gasteiger partial charge in [0.25, 0.3) is 5.91 Å². The summed E-state index contributed by atoms with van der Waals surface area (Å²) in [5.41, 5.74) is 0.585. The Bertz CT molecular complexity index is 931. The quantitative estimate of drug-likeness (QED) is 0.430. The van der Waals surface area contributed by atoms with Gasteiger partial charge in [0.05, 0.1) is 16.7 Å². The first-order valence-corrected chi connectivity index (χ1v) is 13.6. The SMILES string of the molecule is CC(CNC(=O)C1=CC2CC(OCC3CCNCC3)CCC2N1)NS(=O)(=O)c1ccccc1. The largest absolute Gasteiger partial charge is 0.378 e. The number of ether oxygens (including phenoxy) is 1. The van der Waals surface area contributed by atoms with Gasteiger partial charge in [0.15, 0.2) is 0 Å². The molecule has 4 unspecified atom stereocenters. The lowest BCUT2D eigenvalue weighted by Crippen LogP contribution is -2.44. The van der Waals surface area contributed by atoms with Crippen LogP contribution in [0, 0.1) is 11.8 Å². The Balaban J connectivity index is 1.22. The van der Waals surface area contributed by atoms with Crippen molar-refractivity contribution >= 4 is 15.9 Å². The average Bonchev–Trinajstić information content (AvgIpc) is 3.26. The number of amides is 1. The Labute approximate surface area is 197 Å². The summed E-state index contributed by atoms with van der Waals surface area (Å²) in [5.74, 6) is 0.762. The van der Waals surface area contributed by atoms with E-state index in [2.05, 4.69) is 20.7 Å². The third-order valence-electron chi connectivity index (χ3n) is 6.82. The van der Waals surface area contributed by atoms with Crippen molar-refractivity contribution in [2.24, 2.45) is 11.8 Å². The second-order valence-electron chi connectivity index (χ2n) is 9.50. The number of hydrogen-bond acceptors (Lipinski definition) is 6. The van der Waals surface area contributed by atoms with Crippen LogP contribution >= 0.6 is 0 Å². The van der Waals surface area contributed by atoms with E-state index in [-0.39, 0.29) is 29.5 Å². The zero-order valence-electron chi connectivity index (χ0n) is 19.3. The standard InChI is InChI=1S/C24H36N4O4S/c1-17(28-33(30,31)21-5-3-2-4-6-21)15-26-24(29)23-14-19-13-20(7-8-22(19)27-23)32-16-18-9-11-25-12-10-18/h2-6,14,17-20,22,25,27-28H,7-13,15-16H2,1H3,(H,26,29). The lowest BCUT2D eigenvalue weighted by atomic mass is 9.84. The topological polar surface area (TPSA) is 109 Å². The van der Waals surface area contributed by atoms with E-state index in [1.54, 1.807) is 37.3 Å². The fraction of sp³-hybridized carbons (Fsp3) is 0.625. The molecule has 1 aromatic rings. The van der Waals surface area contributed by atoms with E-state index >= 15 is 0 Å². The summed E-state index contributed by atoms with van der Waals surface area (Å²) in [6.45, 7) is 4.95. The van der Waals surface area contributed by atoms with Crippen molar-refractivity contribution in [1.29, 1.82) is 0 Å². The van der Waals surface area contributed by atoms with Crippen molar-refractivity contribution in [3.05, 3.63) is 42.1 Å². The fourth-order valence-electron chi connectivity index (χ4n) is 4.92. The number of rotatable bonds is 9. The zero-order valence-corrected chi connectivity index (χ0v) is 20.1. The van der Waals surface area contributed by atoms with Gasteiger partial charge in [-0.15, -0.1) is 0 Å². The Morgan fingerprint density at radius 3 is 2.67 bits per heavy atom. The minimum Gasteiger partial charge on any atom is -0.378 e. The van der Waals surface area contributed by atoms with Gasteiger partial charge in [0.1, 0.15) is 0 Å². The molecule has 1 saturated carbocycles. The van der Waals surface area contributed by atoms with Crippen LogP contribution in [0.3, 0.4) is 0 Å². The fourth-order valence-corrected chi connectivity index (χ4v) is 6.18. The van der Waals surface area contributed by atoms with E-state index < -0.39 is 16.1 Å². The number of piperidine rings is 1. The summed E-state index contributed by atoms with van der Waals surface area (Å²) in [7, 11) is -3.61. The summed E-state index contributed by atoms with van der Waals surface area (Å²) in [4.78, 5) is 12.9. The van der Waals surface area contributed by atoms with E-state index in [0.29, 0.717) is 17.5 Å². The van der Waals surface area contributed by atoms with Crippen molar-refractivity contribution in [3.63, 3.8) is 0 Å². The molecule has 2 heterocycles. The van der Waals surface area contributed by atoms with Crippen LogP contribution in [-0.2, 0) is 19.6 Å². The number of benzene rings is 1. The summed E-state index contributed by atoms with van der Waals surface area (Å²) in [6, 6.07) is 8.07. The summed E-state index contributed by atoms with van der Waals surface area (Å²) in [5, 5.41) is 9.61. The highest BCUT2D eigenvalue weighted by Gasteiger charge is 2.36. The van der Waals surface area contributed by atoms with Crippen molar-refractivity contribution in [1.82, 2.24) is 20.7 Å². The number of carbonyl (C=O) groups is 1. The first-order chi connectivity index (χ1) is 15.9. The van der Waals surface area contributed by atoms with Crippen LogP contribution in [0.1, 0.15) is 39.0 Å². The molecule has 4 N–H and O–H groups in total. The van der Waals surface area contributed by atoms with Crippen LogP contribution in [0.15, 0.2) is 47.0 Å². The molecule has 1 amide bonds. The Morgan fingerprint density at radius 1 is 1.15 bits per heavy atom. The molecule has 2 fully saturated rings. The van der Waals surface area contributed by atoms with Gasteiger partial charge in [-0.3, -0.25) is 4.79 Å². The highest BCUT2D eigenvalue weighted by Crippen LogP contribution is 2.33. The van der Waals surface area contributed by atoms with Crippen LogP contribution in [-0.4, -0.2) is 58.8 Å². The van der Waals surface area contributed by atoms with Crippen molar-refractivity contribution < 1.29 is 17.9 Å². The molecule has 182 valence electrons. The van der Waals surface area contributed by atoms with Crippen LogP contribution in [0.5, 0.6) is 0 Å². The predicted molar refractivity (Wildman–Crippen MR) is 127 cm³/mol. The lowest BCUT2D eigenvalue weighted by molar-refractivity contribution is -0.117. The summed E-state index contributed by atoms with van der Waals surface area (Å²) >= 11 is 0. The Hall–Kier alpha value is -1.94. The smallest absolute Gasteiger partial charge is 0.267 e. The molecular formula is C24H36N4O4S. The molecule has 8 nitrogen and oxygen atoms in total. The van der Waals surface area contributed by atoms with E-state index in [4.69, 9.17) is 4.74 Å². The monoisotopic (exact) mass is 476 g/mol. The number of carbonyl (C=O) groups excluding carboxylic acids is 1. The minimum atomic E-state index is -3.61. The molecule has 0 spiro atoms. The molecule has 1 aliphatic carbocycles. The van der Waals surface area contributed by atoms with Gasteiger partial charge in [-0.05, 0) is 70.2 Å². The predicted octanol–water partition coefficient (Wildman–Crippen LogP) is 1.51. The molecule has 9 heteroatoms. The average molecular weight is 477 g/mol. The normalized spacial score (nSPS) is 26.7. The molecule has 4 atom stereocenters. The number of sulfonamides is 1. The van der Waals surface area contributed by atoms with Crippen LogP contribution in [0.25, 0.3) is 0 Å². The van der Waals surface area contributed by atoms with Crippen LogP contribution in [0.2, 0.25) is 0 Å². The molecular weight excluding hydrogens is 440 g/mol. The molecule has 0 bridgehead atoms. The number of nitrogens with one attached hydrogen (secondary N) is 4. The lowest BCUT2D eigenvalue weighted by Gasteiger charge is -2.33. The van der Waals surface area contributed by atoms with Crippen molar-refractivity contribution in [2.45, 2.75) is 62.1 Å². The molecule has 4 rings (SSSR count). The summed E-state index contributed by atoms with van der Waals surface area (Å²) in [6.07, 6.45) is 7.59. The maximum atomic E-state index is 12.7. The molecule has 33 heavy (non-hydrogen) atoms. The van der Waals surface area contributed by atoms with E-state index in [1.807, 2.05) is 6.08 Å².